The normalized spacial score (nSPS) is 17.6. The molecule has 25 heavy (non-hydrogen) atoms. The molecule has 0 bridgehead atoms. The van der Waals surface area contributed by atoms with Crippen LogP contribution in [0.1, 0.15) is 27.7 Å². The van der Waals surface area contributed by atoms with Gasteiger partial charge in [0.1, 0.15) is 6.23 Å². The van der Waals surface area contributed by atoms with E-state index in [9.17, 15) is 25.5 Å². The van der Waals surface area contributed by atoms with Crippen LogP contribution in [0.4, 0.5) is 17.8 Å². The molecule has 11 heteroatoms. The van der Waals surface area contributed by atoms with Crippen LogP contribution in [-0.4, -0.2) is 78.4 Å². The zero-order valence-electron chi connectivity index (χ0n) is 15.0. The maximum Gasteiger partial charge on any atom is 0.233 e. The van der Waals surface area contributed by atoms with Crippen molar-refractivity contribution in [2.75, 3.05) is 22.6 Å². The molecule has 0 radical (unpaired) electrons. The summed E-state index contributed by atoms with van der Waals surface area (Å²) in [6.07, 6.45) is -5.71. The van der Waals surface area contributed by atoms with E-state index in [1.165, 1.54) is 18.7 Å². The van der Waals surface area contributed by atoms with Crippen LogP contribution in [0.25, 0.3) is 0 Å². The van der Waals surface area contributed by atoms with E-state index in [2.05, 4.69) is 25.6 Å². The van der Waals surface area contributed by atoms with E-state index >= 15 is 0 Å². The summed E-state index contributed by atoms with van der Waals surface area (Å²) in [7, 11) is 1.57. The first kappa shape index (κ1) is 21.3. The number of aromatic nitrogens is 3. The lowest BCUT2D eigenvalue weighted by Gasteiger charge is -2.27. The highest BCUT2D eigenvalue weighted by Crippen LogP contribution is 2.18. The molecular formula is C14H28N6O5. The van der Waals surface area contributed by atoms with Crippen LogP contribution < -0.4 is 15.5 Å². The Labute approximate surface area is 146 Å². The average molecular weight is 360 g/mol. The first-order valence-electron chi connectivity index (χ1n) is 7.95. The number of anilines is 3. The first-order chi connectivity index (χ1) is 11.5. The van der Waals surface area contributed by atoms with Crippen LogP contribution in [0.2, 0.25) is 0 Å². The van der Waals surface area contributed by atoms with Crippen molar-refractivity contribution in [3.8, 4) is 0 Å². The number of hydrogen-bond donors (Lipinski definition) is 7. The van der Waals surface area contributed by atoms with Crippen LogP contribution in [0.3, 0.4) is 0 Å². The Bertz CT molecular complexity index is 510. The topological polar surface area (TPSA) is 167 Å². The van der Waals surface area contributed by atoms with Crippen LogP contribution in [0, 0.1) is 5.92 Å². The molecule has 11 nitrogen and oxygen atoms in total. The van der Waals surface area contributed by atoms with Gasteiger partial charge < -0.3 is 41.1 Å². The Morgan fingerprint density at radius 2 is 1.16 bits per heavy atom. The minimum absolute atomic E-state index is 0.0665. The summed E-state index contributed by atoms with van der Waals surface area (Å²) in [5, 5.41) is 53.4. The molecule has 0 aliphatic rings. The van der Waals surface area contributed by atoms with E-state index in [1.807, 2.05) is 13.8 Å². The summed E-state index contributed by atoms with van der Waals surface area (Å²) >= 11 is 0. The lowest BCUT2D eigenvalue weighted by Crippen LogP contribution is -2.38. The molecule has 0 saturated carbocycles. The van der Waals surface area contributed by atoms with E-state index in [1.54, 1.807) is 7.05 Å². The second-order valence-corrected chi connectivity index (χ2v) is 6.21. The predicted octanol–water partition coefficient (Wildman–Crippen LogP) is -1.50. The highest BCUT2D eigenvalue weighted by molar-refractivity contribution is 5.44. The van der Waals surface area contributed by atoms with Crippen molar-refractivity contribution in [2.24, 2.45) is 5.92 Å². The molecule has 144 valence electrons. The molecule has 1 aromatic heterocycles. The Hall–Kier alpha value is -1.79. The summed E-state index contributed by atoms with van der Waals surface area (Å²) in [6, 6.07) is 0. The van der Waals surface area contributed by atoms with Gasteiger partial charge in [-0.05, 0) is 19.8 Å². The standard InChI is InChI=1S/C14H28N6O5/c1-6(2)11(25)20(5)14-18-12(15-9(23)7(3)21)17-13(19-14)16-10(24)8(4)22/h6-11,21-25H,1-5H3,(H2,15,16,17,18,19). The Kier molecular flexibility index (Phi) is 7.70. The van der Waals surface area contributed by atoms with Crippen molar-refractivity contribution in [3.63, 3.8) is 0 Å². The molecule has 0 aliphatic heterocycles. The molecule has 5 atom stereocenters. The quantitative estimate of drug-likeness (QED) is 0.256. The number of aliphatic hydroxyl groups is 5. The molecule has 0 amide bonds. The van der Waals surface area contributed by atoms with Crippen LogP contribution in [0.15, 0.2) is 0 Å². The van der Waals surface area contributed by atoms with Crippen LogP contribution in [-0.2, 0) is 0 Å². The fraction of sp³-hybridized carbons (Fsp3) is 0.786. The Morgan fingerprint density at radius 3 is 1.48 bits per heavy atom. The Morgan fingerprint density at radius 1 is 0.760 bits per heavy atom. The smallest absolute Gasteiger partial charge is 0.233 e. The molecule has 0 aromatic carbocycles. The van der Waals surface area contributed by atoms with Crippen molar-refractivity contribution >= 4 is 17.8 Å². The van der Waals surface area contributed by atoms with Gasteiger partial charge in [0.2, 0.25) is 17.8 Å². The lowest BCUT2D eigenvalue weighted by atomic mass is 10.2. The second-order valence-electron chi connectivity index (χ2n) is 6.21. The van der Waals surface area contributed by atoms with Gasteiger partial charge in [0.25, 0.3) is 0 Å². The van der Waals surface area contributed by atoms with Crippen molar-refractivity contribution < 1.29 is 25.5 Å². The van der Waals surface area contributed by atoms with E-state index in [-0.39, 0.29) is 23.8 Å². The lowest BCUT2D eigenvalue weighted by molar-refractivity contribution is 0.0484. The minimum atomic E-state index is -1.33. The molecular weight excluding hydrogens is 332 g/mol. The van der Waals surface area contributed by atoms with Crippen molar-refractivity contribution in [1.82, 2.24) is 15.0 Å². The molecule has 7 N–H and O–H groups in total. The summed E-state index contributed by atoms with van der Waals surface area (Å²) in [4.78, 5) is 13.5. The Balaban J connectivity index is 3.17. The maximum atomic E-state index is 10.2. The summed E-state index contributed by atoms with van der Waals surface area (Å²) in [6.45, 7) is 6.39. The van der Waals surface area contributed by atoms with Gasteiger partial charge in [-0.3, -0.25) is 0 Å². The van der Waals surface area contributed by atoms with Gasteiger partial charge in [0.15, 0.2) is 12.5 Å². The van der Waals surface area contributed by atoms with Crippen molar-refractivity contribution in [3.05, 3.63) is 0 Å². The third-order valence-electron chi connectivity index (χ3n) is 3.40. The largest absolute Gasteiger partial charge is 0.389 e. The minimum Gasteiger partial charge on any atom is -0.389 e. The van der Waals surface area contributed by atoms with E-state index in [0.29, 0.717) is 0 Å². The zero-order valence-corrected chi connectivity index (χ0v) is 15.0. The third-order valence-corrected chi connectivity index (χ3v) is 3.40. The molecule has 0 saturated heterocycles. The molecule has 0 fully saturated rings. The van der Waals surface area contributed by atoms with Crippen LogP contribution >= 0.6 is 0 Å². The van der Waals surface area contributed by atoms with Gasteiger partial charge in [0.05, 0.1) is 12.2 Å². The van der Waals surface area contributed by atoms with Gasteiger partial charge in [-0.25, -0.2) is 0 Å². The van der Waals surface area contributed by atoms with Crippen molar-refractivity contribution in [2.45, 2.75) is 58.6 Å². The molecule has 1 heterocycles. The summed E-state index contributed by atoms with van der Waals surface area (Å²) in [5.74, 6) is -0.208. The molecule has 1 rings (SSSR count). The van der Waals surface area contributed by atoms with Gasteiger partial charge in [-0.15, -0.1) is 0 Å². The van der Waals surface area contributed by atoms with Gasteiger partial charge in [-0.1, -0.05) is 13.8 Å². The molecule has 5 unspecified atom stereocenters. The van der Waals surface area contributed by atoms with Gasteiger partial charge in [0, 0.05) is 7.05 Å². The van der Waals surface area contributed by atoms with Gasteiger partial charge >= 0.3 is 0 Å². The van der Waals surface area contributed by atoms with Crippen LogP contribution in [0.5, 0.6) is 0 Å². The van der Waals surface area contributed by atoms with E-state index < -0.39 is 30.9 Å². The monoisotopic (exact) mass is 360 g/mol. The highest BCUT2D eigenvalue weighted by Gasteiger charge is 2.22. The van der Waals surface area contributed by atoms with Gasteiger partial charge in [-0.2, -0.15) is 15.0 Å². The van der Waals surface area contributed by atoms with Crippen molar-refractivity contribution in [1.29, 1.82) is 0 Å². The first-order valence-corrected chi connectivity index (χ1v) is 7.95. The number of nitrogens with zero attached hydrogens (tertiary/aromatic N) is 4. The SMILES string of the molecule is CC(C)C(O)N(C)c1nc(NC(O)C(C)O)nc(NC(O)C(C)O)n1. The number of nitrogens with one attached hydrogen (secondary N) is 2. The molecule has 1 aromatic rings. The fourth-order valence-corrected chi connectivity index (χ4v) is 1.72. The predicted molar refractivity (Wildman–Crippen MR) is 91.7 cm³/mol. The number of rotatable bonds is 9. The number of hydrogen-bond acceptors (Lipinski definition) is 11. The second kappa shape index (κ2) is 9.06. The number of aliphatic hydroxyl groups excluding tert-OH is 5. The molecule has 0 spiro atoms. The van der Waals surface area contributed by atoms with E-state index in [0.717, 1.165) is 0 Å². The maximum absolute atomic E-state index is 10.2. The summed E-state index contributed by atoms with van der Waals surface area (Å²) in [5.41, 5.74) is 0. The highest BCUT2D eigenvalue weighted by atomic mass is 16.3. The molecule has 0 aliphatic carbocycles. The third kappa shape index (κ3) is 6.21. The summed E-state index contributed by atoms with van der Waals surface area (Å²) < 4.78 is 0. The zero-order chi connectivity index (χ0) is 19.3. The fourth-order valence-electron chi connectivity index (χ4n) is 1.72. The van der Waals surface area contributed by atoms with E-state index in [4.69, 9.17) is 0 Å². The average Bonchev–Trinajstić information content (AvgIpc) is 2.52.